The summed E-state index contributed by atoms with van der Waals surface area (Å²) in [6, 6.07) is 15.6. The fourth-order valence-electron chi connectivity index (χ4n) is 2.98. The van der Waals surface area contributed by atoms with E-state index < -0.39 is 0 Å². The number of ether oxygens (including phenoxy) is 1. The molecule has 1 amide bonds. The second kappa shape index (κ2) is 8.67. The summed E-state index contributed by atoms with van der Waals surface area (Å²) in [5.74, 6) is 0.376. The molecule has 0 radical (unpaired) electrons. The highest BCUT2D eigenvalue weighted by molar-refractivity contribution is 7.80. The van der Waals surface area contributed by atoms with Gasteiger partial charge in [0.2, 0.25) is 0 Å². The fraction of sp³-hybridized carbons (Fsp3) is 0.300. The Kier molecular flexibility index (Phi) is 6.07. The normalized spacial score (nSPS) is 13.3. The Morgan fingerprint density at radius 2 is 1.92 bits per heavy atom. The average molecular weight is 369 g/mol. The van der Waals surface area contributed by atoms with Crippen LogP contribution in [0.25, 0.3) is 0 Å². The molecule has 0 aliphatic carbocycles. The maximum Gasteiger partial charge on any atom is 0.264 e. The largest absolute Gasteiger partial charge is 0.484 e. The first-order chi connectivity index (χ1) is 12.6. The quantitative estimate of drug-likeness (QED) is 0.790. The van der Waals surface area contributed by atoms with Crippen molar-refractivity contribution >= 4 is 34.6 Å². The van der Waals surface area contributed by atoms with E-state index >= 15 is 0 Å². The van der Waals surface area contributed by atoms with Crippen LogP contribution < -0.4 is 20.3 Å². The van der Waals surface area contributed by atoms with Gasteiger partial charge >= 0.3 is 0 Å². The summed E-state index contributed by atoms with van der Waals surface area (Å²) in [6.07, 6.45) is 2.40. The van der Waals surface area contributed by atoms with Crippen molar-refractivity contribution in [3.63, 3.8) is 0 Å². The molecule has 0 bridgehead atoms. The number of thiocarbonyl (C=S) groups is 1. The monoisotopic (exact) mass is 369 g/mol. The molecule has 1 saturated heterocycles. The van der Waals surface area contributed by atoms with Gasteiger partial charge in [0, 0.05) is 13.1 Å². The van der Waals surface area contributed by atoms with Gasteiger partial charge in [-0.15, -0.1) is 0 Å². The molecule has 26 heavy (non-hydrogen) atoms. The van der Waals surface area contributed by atoms with Crippen molar-refractivity contribution in [1.82, 2.24) is 5.32 Å². The molecule has 3 rings (SSSR count). The lowest BCUT2D eigenvalue weighted by molar-refractivity contribution is -0.121. The summed E-state index contributed by atoms with van der Waals surface area (Å²) in [4.78, 5) is 14.4. The summed E-state index contributed by atoms with van der Waals surface area (Å²) >= 11 is 5.28. The molecule has 136 valence electrons. The first-order valence-electron chi connectivity index (χ1n) is 8.76. The fourth-order valence-corrected chi connectivity index (χ4v) is 3.21. The van der Waals surface area contributed by atoms with Gasteiger partial charge in [-0.3, -0.25) is 10.1 Å². The van der Waals surface area contributed by atoms with Crippen molar-refractivity contribution < 1.29 is 9.53 Å². The van der Waals surface area contributed by atoms with Crippen molar-refractivity contribution in [1.29, 1.82) is 0 Å². The third kappa shape index (κ3) is 4.95. The van der Waals surface area contributed by atoms with Crippen LogP contribution in [0, 0.1) is 6.92 Å². The summed E-state index contributed by atoms with van der Waals surface area (Å²) in [6.45, 7) is 3.98. The van der Waals surface area contributed by atoms with Crippen LogP contribution in [0.2, 0.25) is 0 Å². The molecule has 0 saturated carbocycles. The number of benzene rings is 2. The molecular weight excluding hydrogens is 346 g/mol. The van der Waals surface area contributed by atoms with Crippen LogP contribution >= 0.6 is 12.2 Å². The standard InChI is InChI=1S/C20H23N3O2S/c1-15-7-6-8-16(13-15)25-14-19(24)22-20(26)21-17-9-2-3-10-18(17)23-11-4-5-12-23/h2-3,6-10,13H,4-5,11-12,14H2,1H3,(H2,21,22,24,26). The van der Waals surface area contributed by atoms with Gasteiger partial charge in [0.15, 0.2) is 11.7 Å². The summed E-state index contributed by atoms with van der Waals surface area (Å²) in [5, 5.41) is 6.07. The highest BCUT2D eigenvalue weighted by atomic mass is 32.1. The molecule has 2 aromatic carbocycles. The van der Waals surface area contributed by atoms with Gasteiger partial charge in [0.25, 0.3) is 5.91 Å². The van der Waals surface area contributed by atoms with E-state index in [9.17, 15) is 4.79 Å². The maximum absolute atomic E-state index is 12.1. The molecule has 0 unspecified atom stereocenters. The van der Waals surface area contributed by atoms with Gasteiger partial charge in [0.1, 0.15) is 5.75 Å². The van der Waals surface area contributed by atoms with Gasteiger partial charge in [0.05, 0.1) is 11.4 Å². The zero-order chi connectivity index (χ0) is 18.4. The average Bonchev–Trinajstić information content (AvgIpc) is 3.15. The summed E-state index contributed by atoms with van der Waals surface area (Å²) in [7, 11) is 0. The molecular formula is C20H23N3O2S. The highest BCUT2D eigenvalue weighted by Crippen LogP contribution is 2.28. The Bertz CT molecular complexity index is 788. The second-order valence-corrected chi connectivity index (χ2v) is 6.73. The van der Waals surface area contributed by atoms with Crippen LogP contribution in [0.15, 0.2) is 48.5 Å². The number of nitrogens with zero attached hydrogens (tertiary/aromatic N) is 1. The zero-order valence-corrected chi connectivity index (χ0v) is 15.6. The minimum Gasteiger partial charge on any atom is -0.484 e. The number of hydrogen-bond acceptors (Lipinski definition) is 4. The van der Waals surface area contributed by atoms with Crippen molar-refractivity contribution in [2.75, 3.05) is 29.9 Å². The number of rotatable bonds is 5. The minimum absolute atomic E-state index is 0.0843. The van der Waals surface area contributed by atoms with Crippen LogP contribution in [0.3, 0.4) is 0 Å². The van der Waals surface area contributed by atoms with E-state index in [0.29, 0.717) is 5.75 Å². The summed E-state index contributed by atoms with van der Waals surface area (Å²) < 4.78 is 5.50. The van der Waals surface area contributed by atoms with Crippen LogP contribution in [-0.4, -0.2) is 30.7 Å². The number of anilines is 2. The van der Waals surface area contributed by atoms with E-state index in [1.54, 1.807) is 0 Å². The Balaban J connectivity index is 1.53. The first kappa shape index (κ1) is 18.2. The molecule has 0 atom stereocenters. The van der Waals surface area contributed by atoms with Gasteiger partial charge in [-0.2, -0.15) is 0 Å². The van der Waals surface area contributed by atoms with Gasteiger partial charge in [-0.05, 0) is 61.8 Å². The van der Waals surface area contributed by atoms with E-state index in [2.05, 4.69) is 21.6 Å². The lowest BCUT2D eigenvalue weighted by atomic mass is 10.2. The number of carbonyl (C=O) groups excluding carboxylic acids is 1. The number of para-hydroxylation sites is 2. The third-order valence-corrected chi connectivity index (χ3v) is 4.42. The number of aryl methyl sites for hydroxylation is 1. The molecule has 1 heterocycles. The van der Waals surface area contributed by atoms with Crippen LogP contribution in [0.1, 0.15) is 18.4 Å². The number of amides is 1. The van der Waals surface area contributed by atoms with Gasteiger partial charge in [-0.25, -0.2) is 0 Å². The zero-order valence-electron chi connectivity index (χ0n) is 14.8. The topological polar surface area (TPSA) is 53.6 Å². The Morgan fingerprint density at radius 1 is 1.15 bits per heavy atom. The molecule has 2 N–H and O–H groups in total. The maximum atomic E-state index is 12.1. The second-order valence-electron chi connectivity index (χ2n) is 6.32. The van der Waals surface area contributed by atoms with Crippen molar-refractivity contribution in [3.8, 4) is 5.75 Å². The van der Waals surface area contributed by atoms with Crippen LogP contribution in [0.5, 0.6) is 5.75 Å². The highest BCUT2D eigenvalue weighted by Gasteiger charge is 2.16. The Labute approximate surface area is 159 Å². The van der Waals surface area contributed by atoms with E-state index in [0.717, 1.165) is 30.0 Å². The van der Waals surface area contributed by atoms with E-state index in [-0.39, 0.29) is 17.6 Å². The molecule has 2 aromatic rings. The van der Waals surface area contributed by atoms with Gasteiger partial charge < -0.3 is 15.0 Å². The molecule has 0 aromatic heterocycles. The van der Waals surface area contributed by atoms with Crippen molar-refractivity contribution in [2.45, 2.75) is 19.8 Å². The predicted molar refractivity (Wildman–Crippen MR) is 109 cm³/mol. The molecule has 1 aliphatic rings. The first-order valence-corrected chi connectivity index (χ1v) is 9.17. The molecule has 6 heteroatoms. The molecule has 5 nitrogen and oxygen atoms in total. The summed E-state index contributed by atoms with van der Waals surface area (Å²) in [5.41, 5.74) is 3.09. The van der Waals surface area contributed by atoms with E-state index in [1.807, 2.05) is 49.4 Å². The number of nitrogens with one attached hydrogen (secondary N) is 2. The Hall–Kier alpha value is -2.60. The smallest absolute Gasteiger partial charge is 0.264 e. The van der Waals surface area contributed by atoms with Crippen molar-refractivity contribution in [3.05, 3.63) is 54.1 Å². The number of hydrogen-bond donors (Lipinski definition) is 2. The van der Waals surface area contributed by atoms with E-state index in [1.165, 1.54) is 12.8 Å². The minimum atomic E-state index is -0.289. The predicted octanol–water partition coefficient (Wildman–Crippen LogP) is 3.49. The third-order valence-electron chi connectivity index (χ3n) is 4.21. The Morgan fingerprint density at radius 3 is 2.69 bits per heavy atom. The molecule has 1 aliphatic heterocycles. The van der Waals surface area contributed by atoms with E-state index in [4.69, 9.17) is 17.0 Å². The van der Waals surface area contributed by atoms with Crippen molar-refractivity contribution in [2.24, 2.45) is 0 Å². The van der Waals surface area contributed by atoms with Crippen LogP contribution in [-0.2, 0) is 4.79 Å². The SMILES string of the molecule is Cc1cccc(OCC(=O)NC(=S)Nc2ccccc2N2CCCC2)c1. The lowest BCUT2D eigenvalue weighted by Crippen LogP contribution is -2.37. The molecule has 0 spiro atoms. The van der Waals surface area contributed by atoms with Crippen LogP contribution in [0.4, 0.5) is 11.4 Å². The molecule has 1 fully saturated rings. The number of carbonyl (C=O) groups is 1. The van der Waals surface area contributed by atoms with Gasteiger partial charge in [-0.1, -0.05) is 24.3 Å². The lowest BCUT2D eigenvalue weighted by Gasteiger charge is -2.22.